The van der Waals surface area contributed by atoms with Gasteiger partial charge in [0.15, 0.2) is 0 Å². The molecule has 1 unspecified atom stereocenters. The lowest BCUT2D eigenvalue weighted by Crippen LogP contribution is -2.21. The molecule has 0 bridgehead atoms. The second kappa shape index (κ2) is 6.71. The summed E-state index contributed by atoms with van der Waals surface area (Å²) in [6, 6.07) is 19.8. The van der Waals surface area contributed by atoms with Crippen molar-refractivity contribution >= 4 is 10.9 Å². The Balaban J connectivity index is 1.86. The molecule has 0 radical (unpaired) electrons. The van der Waals surface area contributed by atoms with Crippen LogP contribution >= 0.6 is 0 Å². The number of aryl methyl sites for hydroxylation is 1. The molecule has 0 aliphatic carbocycles. The van der Waals surface area contributed by atoms with E-state index in [2.05, 4.69) is 65.8 Å². The van der Waals surface area contributed by atoms with Crippen molar-refractivity contribution in [1.82, 2.24) is 10.3 Å². The van der Waals surface area contributed by atoms with E-state index in [-0.39, 0.29) is 0 Å². The van der Waals surface area contributed by atoms with Crippen molar-refractivity contribution in [3.05, 3.63) is 66.4 Å². The summed E-state index contributed by atoms with van der Waals surface area (Å²) in [7, 11) is 2.02. The van der Waals surface area contributed by atoms with Crippen molar-refractivity contribution in [1.29, 1.82) is 0 Å². The average molecular weight is 290 g/mol. The van der Waals surface area contributed by atoms with Gasteiger partial charge in [-0.3, -0.25) is 4.98 Å². The molecule has 112 valence electrons. The minimum absolute atomic E-state index is 0.547. The molecule has 0 aliphatic rings. The Hall–Kier alpha value is -2.19. The van der Waals surface area contributed by atoms with Crippen LogP contribution in [0.2, 0.25) is 0 Å². The summed E-state index contributed by atoms with van der Waals surface area (Å²) in [6.07, 6.45) is 4.21. The Morgan fingerprint density at radius 1 is 1.00 bits per heavy atom. The Bertz CT molecular complexity index is 764. The van der Waals surface area contributed by atoms with Crippen molar-refractivity contribution in [2.75, 3.05) is 7.05 Å². The molecule has 0 spiro atoms. The van der Waals surface area contributed by atoms with Crippen LogP contribution in [0, 0.1) is 0 Å². The number of benzene rings is 2. The highest BCUT2D eigenvalue weighted by molar-refractivity contribution is 5.83. The molecule has 3 rings (SSSR count). The van der Waals surface area contributed by atoms with E-state index in [4.69, 9.17) is 0 Å². The minimum atomic E-state index is 0.547. The van der Waals surface area contributed by atoms with Gasteiger partial charge in [0.05, 0.1) is 5.52 Å². The average Bonchev–Trinajstić information content (AvgIpc) is 2.59. The van der Waals surface area contributed by atoms with Crippen molar-refractivity contribution < 1.29 is 0 Å². The van der Waals surface area contributed by atoms with Crippen molar-refractivity contribution in [3.63, 3.8) is 0 Å². The molecule has 1 atom stereocenters. The molecule has 22 heavy (non-hydrogen) atoms. The van der Waals surface area contributed by atoms with E-state index in [0.29, 0.717) is 6.04 Å². The molecule has 0 aliphatic heterocycles. The highest BCUT2D eigenvalue weighted by atomic mass is 14.8. The Morgan fingerprint density at radius 2 is 1.86 bits per heavy atom. The third kappa shape index (κ3) is 3.34. The van der Waals surface area contributed by atoms with Crippen molar-refractivity contribution in [2.24, 2.45) is 0 Å². The lowest BCUT2D eigenvalue weighted by Gasteiger charge is -2.11. The number of hydrogen-bond donors (Lipinski definition) is 1. The number of nitrogens with one attached hydrogen (secondary N) is 1. The zero-order valence-electron chi connectivity index (χ0n) is 13.2. The standard InChI is InChI=1S/C20H22N2/c1-15(21-2)10-11-16-6-5-8-17(12-16)19-13-18-7-3-4-9-20(18)22-14-19/h3-9,12-15,21H,10-11H2,1-2H3. The summed E-state index contributed by atoms with van der Waals surface area (Å²) in [5.41, 5.74) is 4.85. The zero-order chi connectivity index (χ0) is 15.4. The number of fused-ring (bicyclic) bond motifs is 1. The Labute approximate surface area is 132 Å². The summed E-state index contributed by atoms with van der Waals surface area (Å²) in [5, 5.41) is 4.48. The second-order valence-corrected chi connectivity index (χ2v) is 5.85. The molecule has 0 fully saturated rings. The molecule has 3 aromatic rings. The number of rotatable bonds is 5. The van der Waals surface area contributed by atoms with Gasteiger partial charge in [-0.05, 0) is 50.1 Å². The summed E-state index contributed by atoms with van der Waals surface area (Å²) in [4.78, 5) is 4.56. The topological polar surface area (TPSA) is 24.9 Å². The third-order valence-electron chi connectivity index (χ3n) is 4.21. The van der Waals surface area contributed by atoms with Gasteiger partial charge in [0.25, 0.3) is 0 Å². The number of nitrogens with zero attached hydrogens (tertiary/aromatic N) is 1. The van der Waals surface area contributed by atoms with E-state index in [1.54, 1.807) is 0 Å². The highest BCUT2D eigenvalue weighted by Gasteiger charge is 2.04. The van der Waals surface area contributed by atoms with Crippen LogP contribution in [0.15, 0.2) is 60.8 Å². The molecular weight excluding hydrogens is 268 g/mol. The van der Waals surface area contributed by atoms with Gasteiger partial charge in [-0.25, -0.2) is 0 Å². The van der Waals surface area contributed by atoms with E-state index in [0.717, 1.165) is 18.4 Å². The smallest absolute Gasteiger partial charge is 0.0702 e. The fraction of sp³-hybridized carbons (Fsp3) is 0.250. The van der Waals surface area contributed by atoms with E-state index in [9.17, 15) is 0 Å². The second-order valence-electron chi connectivity index (χ2n) is 5.85. The monoisotopic (exact) mass is 290 g/mol. The van der Waals surface area contributed by atoms with Crippen molar-refractivity contribution in [3.8, 4) is 11.1 Å². The molecular formula is C20H22N2. The summed E-state index contributed by atoms with van der Waals surface area (Å²) in [6.45, 7) is 2.22. The number of pyridine rings is 1. The van der Waals surface area contributed by atoms with Crippen LogP contribution in [0.5, 0.6) is 0 Å². The van der Waals surface area contributed by atoms with Gasteiger partial charge in [0, 0.05) is 23.2 Å². The maximum Gasteiger partial charge on any atom is 0.0702 e. The first-order valence-electron chi connectivity index (χ1n) is 7.87. The normalized spacial score (nSPS) is 12.5. The predicted octanol–water partition coefficient (Wildman–Crippen LogP) is 4.44. The van der Waals surface area contributed by atoms with Gasteiger partial charge >= 0.3 is 0 Å². The molecule has 2 nitrogen and oxygen atoms in total. The first kappa shape index (κ1) is 14.7. The van der Waals surface area contributed by atoms with Crippen molar-refractivity contribution in [2.45, 2.75) is 25.8 Å². The van der Waals surface area contributed by atoms with E-state index < -0.39 is 0 Å². The van der Waals surface area contributed by atoms with E-state index in [1.165, 1.54) is 22.1 Å². The van der Waals surface area contributed by atoms with Gasteiger partial charge in [0.1, 0.15) is 0 Å². The SMILES string of the molecule is CNC(C)CCc1cccc(-c2cnc3ccccc3c2)c1. The highest BCUT2D eigenvalue weighted by Crippen LogP contribution is 2.24. The first-order valence-corrected chi connectivity index (χ1v) is 7.87. The Morgan fingerprint density at radius 3 is 2.73 bits per heavy atom. The Kier molecular flexibility index (Phi) is 4.50. The number of hydrogen-bond acceptors (Lipinski definition) is 2. The maximum absolute atomic E-state index is 4.56. The van der Waals surface area contributed by atoms with E-state index in [1.807, 2.05) is 19.3 Å². The molecule has 1 N–H and O–H groups in total. The lowest BCUT2D eigenvalue weighted by atomic mass is 10.00. The number of para-hydroxylation sites is 1. The third-order valence-corrected chi connectivity index (χ3v) is 4.21. The van der Waals surface area contributed by atoms with Gasteiger partial charge in [-0.1, -0.05) is 42.5 Å². The molecule has 1 aromatic heterocycles. The summed E-state index contributed by atoms with van der Waals surface area (Å²) >= 11 is 0. The minimum Gasteiger partial charge on any atom is -0.317 e. The van der Waals surface area contributed by atoms with Crippen LogP contribution in [0.4, 0.5) is 0 Å². The molecule has 0 saturated carbocycles. The quantitative estimate of drug-likeness (QED) is 0.751. The molecule has 1 heterocycles. The molecule has 0 amide bonds. The van der Waals surface area contributed by atoms with Gasteiger partial charge in [-0.15, -0.1) is 0 Å². The predicted molar refractivity (Wildman–Crippen MR) is 94.0 cm³/mol. The van der Waals surface area contributed by atoms with Crippen LogP contribution < -0.4 is 5.32 Å². The molecule has 2 aromatic carbocycles. The van der Waals surface area contributed by atoms with Crippen LogP contribution in [0.1, 0.15) is 18.9 Å². The maximum atomic E-state index is 4.56. The first-order chi connectivity index (χ1) is 10.8. The van der Waals surface area contributed by atoms with Gasteiger partial charge in [0.2, 0.25) is 0 Å². The van der Waals surface area contributed by atoms with Gasteiger partial charge < -0.3 is 5.32 Å². The van der Waals surface area contributed by atoms with Crippen LogP contribution in [-0.4, -0.2) is 18.1 Å². The molecule has 2 heteroatoms. The molecule has 0 saturated heterocycles. The lowest BCUT2D eigenvalue weighted by molar-refractivity contribution is 0.565. The van der Waals surface area contributed by atoms with Crippen LogP contribution in [0.3, 0.4) is 0 Å². The zero-order valence-corrected chi connectivity index (χ0v) is 13.2. The number of aromatic nitrogens is 1. The summed E-state index contributed by atoms with van der Waals surface area (Å²) in [5.74, 6) is 0. The largest absolute Gasteiger partial charge is 0.317 e. The van der Waals surface area contributed by atoms with E-state index >= 15 is 0 Å². The van der Waals surface area contributed by atoms with Crippen LogP contribution in [0.25, 0.3) is 22.0 Å². The van der Waals surface area contributed by atoms with Crippen LogP contribution in [-0.2, 0) is 6.42 Å². The van der Waals surface area contributed by atoms with Gasteiger partial charge in [-0.2, -0.15) is 0 Å². The fourth-order valence-electron chi connectivity index (χ4n) is 2.66. The summed E-state index contributed by atoms with van der Waals surface area (Å²) < 4.78 is 0. The fourth-order valence-corrected chi connectivity index (χ4v) is 2.66.